The molecule has 1 saturated carbocycles. The van der Waals surface area contributed by atoms with Crippen molar-refractivity contribution in [1.82, 2.24) is 20.3 Å². The summed E-state index contributed by atoms with van der Waals surface area (Å²) in [7, 11) is 0. The van der Waals surface area contributed by atoms with Gasteiger partial charge in [-0.15, -0.1) is 0 Å². The SMILES string of the molecule is O=C(NC1CCCC1)C(c1cccnc1)N(C(=O)c1cnc[nH]1)c1ccc(-c2ccccc2)cc1. The lowest BCUT2D eigenvalue weighted by Crippen LogP contribution is -2.46. The highest BCUT2D eigenvalue weighted by atomic mass is 16.2. The maximum absolute atomic E-state index is 13.8. The quantitative estimate of drug-likeness (QED) is 0.405. The number of nitrogens with one attached hydrogen (secondary N) is 2. The second kappa shape index (κ2) is 10.3. The predicted octanol–water partition coefficient (Wildman–Crippen LogP) is 4.92. The van der Waals surface area contributed by atoms with Crippen LogP contribution < -0.4 is 10.2 Å². The molecule has 0 spiro atoms. The Morgan fingerprint density at radius 3 is 2.29 bits per heavy atom. The third kappa shape index (κ3) is 4.99. The number of imidazole rings is 1. The number of nitrogens with zero attached hydrogens (tertiary/aromatic N) is 3. The smallest absolute Gasteiger partial charge is 0.277 e. The molecular weight excluding hydrogens is 438 g/mol. The second-order valence-electron chi connectivity index (χ2n) is 8.73. The minimum absolute atomic E-state index is 0.117. The molecule has 5 rings (SSSR count). The summed E-state index contributed by atoms with van der Waals surface area (Å²) in [6.07, 6.45) is 10.3. The molecule has 4 aromatic rings. The van der Waals surface area contributed by atoms with E-state index in [4.69, 9.17) is 0 Å². The minimum Gasteiger partial charge on any atom is -0.351 e. The fourth-order valence-electron chi connectivity index (χ4n) is 4.64. The van der Waals surface area contributed by atoms with E-state index in [0.29, 0.717) is 16.9 Å². The summed E-state index contributed by atoms with van der Waals surface area (Å²) in [4.78, 5) is 40.2. The number of aromatic nitrogens is 3. The van der Waals surface area contributed by atoms with Crippen molar-refractivity contribution in [3.63, 3.8) is 0 Å². The first-order chi connectivity index (χ1) is 17.2. The van der Waals surface area contributed by atoms with Crippen molar-refractivity contribution in [3.8, 4) is 11.1 Å². The molecule has 1 atom stereocenters. The van der Waals surface area contributed by atoms with Gasteiger partial charge in [0.05, 0.1) is 12.5 Å². The molecule has 7 heteroatoms. The zero-order valence-corrected chi connectivity index (χ0v) is 19.3. The van der Waals surface area contributed by atoms with E-state index in [1.807, 2.05) is 60.7 Å². The number of rotatable bonds is 7. The van der Waals surface area contributed by atoms with Crippen molar-refractivity contribution >= 4 is 17.5 Å². The molecule has 2 aromatic heterocycles. The first-order valence-electron chi connectivity index (χ1n) is 11.9. The van der Waals surface area contributed by atoms with Gasteiger partial charge in [-0.1, -0.05) is 61.4 Å². The van der Waals surface area contributed by atoms with Crippen LogP contribution in [0.4, 0.5) is 5.69 Å². The second-order valence-corrected chi connectivity index (χ2v) is 8.73. The van der Waals surface area contributed by atoms with E-state index < -0.39 is 6.04 Å². The van der Waals surface area contributed by atoms with Crippen molar-refractivity contribution in [2.75, 3.05) is 4.90 Å². The standard InChI is InChI=1S/C28H27N5O2/c34-27(32-23-10-4-5-11-23)26(22-9-6-16-29-17-22)33(28(35)25-18-30-19-31-25)24-14-12-21(13-15-24)20-7-2-1-3-8-20/h1-3,6-9,12-19,23,26H,4-5,10-11H2,(H,30,31)(H,32,34). The predicted molar refractivity (Wildman–Crippen MR) is 135 cm³/mol. The molecule has 1 unspecified atom stereocenters. The van der Waals surface area contributed by atoms with Crippen LogP contribution in [0.1, 0.15) is 47.8 Å². The summed E-state index contributed by atoms with van der Waals surface area (Å²) in [5.74, 6) is -0.560. The van der Waals surface area contributed by atoms with Gasteiger partial charge in [0.25, 0.3) is 5.91 Å². The number of hydrogen-bond donors (Lipinski definition) is 2. The fraction of sp³-hybridized carbons (Fsp3) is 0.214. The van der Waals surface area contributed by atoms with Gasteiger partial charge in [-0.25, -0.2) is 4.98 Å². The summed E-state index contributed by atoms with van der Waals surface area (Å²) in [5, 5.41) is 3.18. The van der Waals surface area contributed by atoms with Gasteiger partial charge in [-0.3, -0.25) is 19.5 Å². The molecule has 1 aliphatic carbocycles. The van der Waals surface area contributed by atoms with E-state index in [1.165, 1.54) is 17.4 Å². The molecule has 0 saturated heterocycles. The Kier molecular flexibility index (Phi) is 6.66. The molecule has 176 valence electrons. The van der Waals surface area contributed by atoms with Crippen molar-refractivity contribution in [2.24, 2.45) is 0 Å². The number of benzene rings is 2. The Morgan fingerprint density at radius 2 is 1.63 bits per heavy atom. The number of carbonyl (C=O) groups is 2. The number of anilines is 1. The molecule has 7 nitrogen and oxygen atoms in total. The van der Waals surface area contributed by atoms with Crippen LogP contribution >= 0.6 is 0 Å². The topological polar surface area (TPSA) is 91.0 Å². The first kappa shape index (κ1) is 22.5. The molecule has 1 aliphatic rings. The average Bonchev–Trinajstić information content (AvgIpc) is 3.63. The molecule has 1 fully saturated rings. The fourth-order valence-corrected chi connectivity index (χ4v) is 4.64. The summed E-state index contributed by atoms with van der Waals surface area (Å²) >= 11 is 0. The summed E-state index contributed by atoms with van der Waals surface area (Å²) in [6.45, 7) is 0. The molecule has 2 amide bonds. The number of pyridine rings is 1. The number of H-pyrrole nitrogens is 1. The highest BCUT2D eigenvalue weighted by Crippen LogP contribution is 2.32. The van der Waals surface area contributed by atoms with Gasteiger partial charge in [0.2, 0.25) is 5.91 Å². The van der Waals surface area contributed by atoms with Crippen LogP contribution in [-0.2, 0) is 4.79 Å². The van der Waals surface area contributed by atoms with Gasteiger partial charge in [-0.05, 0) is 42.2 Å². The lowest BCUT2D eigenvalue weighted by atomic mass is 10.0. The van der Waals surface area contributed by atoms with Gasteiger partial charge in [0.15, 0.2) is 0 Å². The Balaban J connectivity index is 1.56. The van der Waals surface area contributed by atoms with Crippen molar-refractivity contribution < 1.29 is 9.59 Å². The van der Waals surface area contributed by atoms with Crippen LogP contribution in [0.2, 0.25) is 0 Å². The monoisotopic (exact) mass is 465 g/mol. The maximum Gasteiger partial charge on any atom is 0.277 e. The Hall–Kier alpha value is -4.26. The van der Waals surface area contributed by atoms with Gasteiger partial charge in [0, 0.05) is 29.7 Å². The van der Waals surface area contributed by atoms with Gasteiger partial charge in [0.1, 0.15) is 11.7 Å². The van der Waals surface area contributed by atoms with Crippen LogP contribution in [0.25, 0.3) is 11.1 Å². The molecule has 2 N–H and O–H groups in total. The lowest BCUT2D eigenvalue weighted by molar-refractivity contribution is -0.123. The van der Waals surface area contributed by atoms with E-state index in [1.54, 1.807) is 18.5 Å². The van der Waals surface area contributed by atoms with E-state index >= 15 is 0 Å². The largest absolute Gasteiger partial charge is 0.351 e. The number of hydrogen-bond acceptors (Lipinski definition) is 4. The molecule has 0 radical (unpaired) electrons. The zero-order valence-electron chi connectivity index (χ0n) is 19.3. The molecule has 2 aromatic carbocycles. The maximum atomic E-state index is 13.8. The molecule has 2 heterocycles. The highest BCUT2D eigenvalue weighted by Gasteiger charge is 2.35. The Bertz CT molecular complexity index is 1250. The van der Waals surface area contributed by atoms with Crippen molar-refractivity contribution in [1.29, 1.82) is 0 Å². The van der Waals surface area contributed by atoms with E-state index in [9.17, 15) is 9.59 Å². The minimum atomic E-state index is -0.886. The molecule has 0 bridgehead atoms. The van der Waals surface area contributed by atoms with Crippen LogP contribution in [0.5, 0.6) is 0 Å². The average molecular weight is 466 g/mol. The number of amides is 2. The van der Waals surface area contributed by atoms with Gasteiger partial charge >= 0.3 is 0 Å². The lowest BCUT2D eigenvalue weighted by Gasteiger charge is -2.32. The molecule has 0 aliphatic heterocycles. The van der Waals surface area contributed by atoms with E-state index in [2.05, 4.69) is 20.3 Å². The molecular formula is C28H27N5O2. The van der Waals surface area contributed by atoms with Crippen LogP contribution in [0, 0.1) is 0 Å². The van der Waals surface area contributed by atoms with Crippen molar-refractivity contribution in [3.05, 3.63) is 103 Å². The Labute approximate surface area is 204 Å². The van der Waals surface area contributed by atoms with Crippen LogP contribution in [0.3, 0.4) is 0 Å². The Morgan fingerprint density at radius 1 is 0.886 bits per heavy atom. The van der Waals surface area contributed by atoms with Crippen LogP contribution in [0.15, 0.2) is 91.6 Å². The molecule has 35 heavy (non-hydrogen) atoms. The third-order valence-corrected chi connectivity index (χ3v) is 6.41. The number of aromatic amines is 1. The third-order valence-electron chi connectivity index (χ3n) is 6.41. The first-order valence-corrected chi connectivity index (χ1v) is 11.9. The highest BCUT2D eigenvalue weighted by molar-refractivity contribution is 6.09. The van der Waals surface area contributed by atoms with E-state index in [-0.39, 0.29) is 17.9 Å². The van der Waals surface area contributed by atoms with Gasteiger partial charge in [-0.2, -0.15) is 0 Å². The number of carbonyl (C=O) groups excluding carboxylic acids is 2. The normalized spacial score (nSPS) is 14.4. The van der Waals surface area contributed by atoms with Crippen molar-refractivity contribution in [2.45, 2.75) is 37.8 Å². The van der Waals surface area contributed by atoms with Gasteiger partial charge < -0.3 is 10.3 Å². The summed E-state index contributed by atoms with van der Waals surface area (Å²) in [5.41, 5.74) is 3.66. The summed E-state index contributed by atoms with van der Waals surface area (Å²) in [6, 6.07) is 20.6. The van der Waals surface area contributed by atoms with E-state index in [0.717, 1.165) is 36.8 Å². The van der Waals surface area contributed by atoms with Crippen LogP contribution in [-0.4, -0.2) is 32.8 Å². The zero-order chi connectivity index (χ0) is 24.0. The summed E-state index contributed by atoms with van der Waals surface area (Å²) < 4.78 is 0.